The lowest BCUT2D eigenvalue weighted by molar-refractivity contribution is -0.137. The van der Waals surface area contributed by atoms with Crippen LogP contribution in [-0.2, 0) is 17.1 Å². The van der Waals surface area contributed by atoms with Crippen LogP contribution in [-0.4, -0.2) is 28.3 Å². The molecule has 0 atom stereocenters. The van der Waals surface area contributed by atoms with E-state index in [1.165, 1.54) is 12.1 Å². The van der Waals surface area contributed by atoms with Crippen molar-refractivity contribution in [2.45, 2.75) is 38.0 Å². The summed E-state index contributed by atoms with van der Waals surface area (Å²) in [5, 5.41) is 13.1. The molecule has 4 rings (SSSR count). The average molecular weight is 454 g/mol. The van der Waals surface area contributed by atoms with E-state index in [0.717, 1.165) is 45.5 Å². The van der Waals surface area contributed by atoms with Crippen LogP contribution >= 0.6 is 11.8 Å². The number of amidine groups is 1. The van der Waals surface area contributed by atoms with Crippen molar-refractivity contribution >= 4 is 34.9 Å². The topological polar surface area (TPSA) is 78.9 Å². The summed E-state index contributed by atoms with van der Waals surface area (Å²) >= 11 is 1.68. The molecule has 0 fully saturated rings. The Hall–Kier alpha value is -3.13. The van der Waals surface area contributed by atoms with Gasteiger partial charge in [-0.3, -0.25) is 4.79 Å². The SMILES string of the molecule is CSCc1cc(-c2ccc3c(c2)N=C(CCCCC(=O)O)N(c2ccc(F)cc2)C3)no1. The molecule has 32 heavy (non-hydrogen) atoms. The van der Waals surface area contributed by atoms with Crippen molar-refractivity contribution in [1.29, 1.82) is 0 Å². The van der Waals surface area contributed by atoms with Gasteiger partial charge in [-0.15, -0.1) is 0 Å². The first-order valence-electron chi connectivity index (χ1n) is 10.4. The number of rotatable bonds is 9. The van der Waals surface area contributed by atoms with E-state index < -0.39 is 5.97 Å². The fraction of sp³-hybridized carbons (Fsp3) is 0.292. The molecule has 0 unspecified atom stereocenters. The van der Waals surface area contributed by atoms with Gasteiger partial charge in [-0.25, -0.2) is 9.38 Å². The second kappa shape index (κ2) is 9.99. The van der Waals surface area contributed by atoms with Gasteiger partial charge in [0.2, 0.25) is 0 Å². The van der Waals surface area contributed by atoms with E-state index in [-0.39, 0.29) is 12.2 Å². The molecule has 0 saturated carbocycles. The Morgan fingerprint density at radius 3 is 2.75 bits per heavy atom. The van der Waals surface area contributed by atoms with Crippen LogP contribution in [0.2, 0.25) is 0 Å². The van der Waals surface area contributed by atoms with Gasteiger partial charge in [-0.1, -0.05) is 17.3 Å². The number of benzene rings is 2. The number of carboxylic acids is 1. The van der Waals surface area contributed by atoms with Crippen LogP contribution in [0, 0.1) is 5.82 Å². The largest absolute Gasteiger partial charge is 0.481 e. The van der Waals surface area contributed by atoms with Gasteiger partial charge in [0.25, 0.3) is 0 Å². The molecule has 0 aliphatic carbocycles. The molecule has 2 heterocycles. The average Bonchev–Trinajstić information content (AvgIpc) is 3.25. The minimum atomic E-state index is -0.797. The van der Waals surface area contributed by atoms with E-state index >= 15 is 0 Å². The molecule has 166 valence electrons. The molecule has 1 aromatic heterocycles. The number of unbranched alkanes of at least 4 members (excludes halogenated alkanes) is 1. The first-order valence-corrected chi connectivity index (χ1v) is 11.8. The van der Waals surface area contributed by atoms with Crippen LogP contribution in [0.25, 0.3) is 11.3 Å². The number of aromatic nitrogens is 1. The lowest BCUT2D eigenvalue weighted by Crippen LogP contribution is -2.32. The molecule has 0 saturated heterocycles. The van der Waals surface area contributed by atoms with E-state index in [0.29, 0.717) is 25.8 Å². The van der Waals surface area contributed by atoms with Gasteiger partial charge in [0.05, 0.1) is 18.0 Å². The number of aliphatic imine (C=N–C) groups is 1. The lowest BCUT2D eigenvalue weighted by atomic mass is 10.0. The highest BCUT2D eigenvalue weighted by Crippen LogP contribution is 2.34. The minimum Gasteiger partial charge on any atom is -0.481 e. The fourth-order valence-electron chi connectivity index (χ4n) is 3.69. The quantitative estimate of drug-likeness (QED) is 0.398. The first kappa shape index (κ1) is 22.1. The highest BCUT2D eigenvalue weighted by atomic mass is 32.2. The number of anilines is 1. The second-order valence-corrected chi connectivity index (χ2v) is 8.51. The Morgan fingerprint density at radius 2 is 2.00 bits per heavy atom. The predicted octanol–water partition coefficient (Wildman–Crippen LogP) is 6.04. The summed E-state index contributed by atoms with van der Waals surface area (Å²) in [6, 6.07) is 14.4. The summed E-state index contributed by atoms with van der Waals surface area (Å²) in [4.78, 5) is 17.8. The molecular formula is C24H24FN3O3S. The third-order valence-corrected chi connectivity index (χ3v) is 5.87. The van der Waals surface area contributed by atoms with Crippen molar-refractivity contribution in [3.8, 4) is 11.3 Å². The number of fused-ring (bicyclic) bond motifs is 1. The Balaban J connectivity index is 1.62. The van der Waals surface area contributed by atoms with Crippen LogP contribution in [0.1, 0.15) is 37.0 Å². The number of carbonyl (C=O) groups is 1. The first-order chi connectivity index (χ1) is 15.5. The summed E-state index contributed by atoms with van der Waals surface area (Å²) in [6.07, 6.45) is 4.07. The molecule has 0 amide bonds. The Labute approximate surface area is 190 Å². The monoisotopic (exact) mass is 453 g/mol. The van der Waals surface area contributed by atoms with Gasteiger partial charge in [-0.05, 0) is 55.0 Å². The van der Waals surface area contributed by atoms with Crippen LogP contribution < -0.4 is 4.90 Å². The smallest absolute Gasteiger partial charge is 0.303 e. The molecule has 3 aromatic rings. The molecule has 1 N–H and O–H groups in total. The van der Waals surface area contributed by atoms with Gasteiger partial charge in [-0.2, -0.15) is 11.8 Å². The van der Waals surface area contributed by atoms with Gasteiger partial charge in [0.15, 0.2) is 0 Å². The van der Waals surface area contributed by atoms with E-state index in [1.54, 1.807) is 23.9 Å². The van der Waals surface area contributed by atoms with Crippen LogP contribution in [0.4, 0.5) is 15.8 Å². The van der Waals surface area contributed by atoms with Crippen molar-refractivity contribution in [3.05, 3.63) is 65.7 Å². The Kier molecular flexibility index (Phi) is 6.90. The summed E-state index contributed by atoms with van der Waals surface area (Å²) in [6.45, 7) is 0.607. The van der Waals surface area contributed by atoms with Crippen LogP contribution in [0.5, 0.6) is 0 Å². The number of carboxylic acid groups (broad SMARTS) is 1. The van der Waals surface area contributed by atoms with E-state index in [1.807, 2.05) is 30.5 Å². The molecule has 6 nitrogen and oxygen atoms in total. The van der Waals surface area contributed by atoms with Gasteiger partial charge in [0, 0.05) is 30.2 Å². The predicted molar refractivity (Wildman–Crippen MR) is 125 cm³/mol. The minimum absolute atomic E-state index is 0.134. The Bertz CT molecular complexity index is 1130. The third-order valence-electron chi connectivity index (χ3n) is 5.30. The van der Waals surface area contributed by atoms with Gasteiger partial charge in [0.1, 0.15) is 23.1 Å². The molecule has 1 aliphatic rings. The van der Waals surface area contributed by atoms with Gasteiger partial charge >= 0.3 is 5.97 Å². The maximum absolute atomic E-state index is 13.5. The number of aliphatic carboxylic acids is 1. The zero-order chi connectivity index (χ0) is 22.5. The van der Waals surface area contributed by atoms with Crippen LogP contribution in [0.3, 0.4) is 0 Å². The molecule has 1 aliphatic heterocycles. The fourth-order valence-corrected chi connectivity index (χ4v) is 4.11. The molecular weight excluding hydrogens is 429 g/mol. The standard InChI is InChI=1S/C24H24FN3O3S/c1-32-15-20-13-22(27-31-20)16-6-7-17-14-28(19-10-8-18(25)9-11-19)23(26-21(17)12-16)4-2-3-5-24(29)30/h6-13H,2-5,14-15H2,1H3,(H,29,30). The molecule has 0 radical (unpaired) electrons. The maximum atomic E-state index is 13.5. The maximum Gasteiger partial charge on any atom is 0.303 e. The highest BCUT2D eigenvalue weighted by Gasteiger charge is 2.22. The van der Waals surface area contributed by atoms with Gasteiger partial charge < -0.3 is 14.5 Å². The summed E-state index contributed by atoms with van der Waals surface area (Å²) < 4.78 is 18.9. The van der Waals surface area contributed by atoms with Crippen LogP contribution in [0.15, 0.2) is 58.0 Å². The third kappa shape index (κ3) is 5.19. The zero-order valence-corrected chi connectivity index (χ0v) is 18.6. The van der Waals surface area contributed by atoms with E-state index in [9.17, 15) is 9.18 Å². The number of halogens is 1. The molecule has 0 bridgehead atoms. The van der Waals surface area contributed by atoms with Crippen molar-refractivity contribution in [1.82, 2.24) is 5.16 Å². The number of nitrogens with zero attached hydrogens (tertiary/aromatic N) is 3. The normalized spacial score (nSPS) is 13.1. The number of hydrogen-bond acceptors (Lipinski definition) is 6. The van der Waals surface area contributed by atoms with Crippen molar-refractivity contribution in [3.63, 3.8) is 0 Å². The van der Waals surface area contributed by atoms with Crippen molar-refractivity contribution < 1.29 is 18.8 Å². The summed E-state index contributed by atoms with van der Waals surface area (Å²) in [5.74, 6) is 1.35. The second-order valence-electron chi connectivity index (χ2n) is 7.65. The van der Waals surface area contributed by atoms with Crippen molar-refractivity contribution in [2.75, 3.05) is 11.2 Å². The molecule has 2 aromatic carbocycles. The zero-order valence-electron chi connectivity index (χ0n) is 17.8. The number of hydrogen-bond donors (Lipinski definition) is 1. The van der Waals surface area contributed by atoms with E-state index in [2.05, 4.69) is 10.1 Å². The highest BCUT2D eigenvalue weighted by molar-refractivity contribution is 7.97. The summed E-state index contributed by atoms with van der Waals surface area (Å²) in [7, 11) is 0. The molecule has 0 spiro atoms. The van der Waals surface area contributed by atoms with E-state index in [4.69, 9.17) is 14.6 Å². The Morgan fingerprint density at radius 1 is 1.19 bits per heavy atom. The lowest BCUT2D eigenvalue weighted by Gasteiger charge is -2.31. The summed E-state index contributed by atoms with van der Waals surface area (Å²) in [5.41, 5.74) is 4.49. The van der Waals surface area contributed by atoms with Crippen molar-refractivity contribution in [2.24, 2.45) is 4.99 Å². The molecule has 8 heteroatoms. The number of thioether (sulfide) groups is 1.